The van der Waals surface area contributed by atoms with Gasteiger partial charge in [-0.2, -0.15) is 0 Å². The van der Waals surface area contributed by atoms with Crippen LogP contribution in [-0.2, 0) is 6.42 Å². The van der Waals surface area contributed by atoms with Crippen LogP contribution < -0.4 is 4.74 Å². The van der Waals surface area contributed by atoms with Crippen molar-refractivity contribution in [1.29, 1.82) is 0 Å². The lowest BCUT2D eigenvalue weighted by molar-refractivity contribution is 0.415. The quantitative estimate of drug-likeness (QED) is 0.508. The summed E-state index contributed by atoms with van der Waals surface area (Å²) in [5.74, 6) is 1.76. The van der Waals surface area contributed by atoms with Crippen molar-refractivity contribution in [2.24, 2.45) is 0 Å². The van der Waals surface area contributed by atoms with Crippen molar-refractivity contribution in [3.05, 3.63) is 71.8 Å². The Labute approximate surface area is 139 Å². The molecule has 116 valence electrons. The van der Waals surface area contributed by atoms with Gasteiger partial charge in [-0.25, -0.2) is 4.98 Å². The van der Waals surface area contributed by atoms with Gasteiger partial charge in [-0.3, -0.25) is 0 Å². The molecular weight excluding hydrogens is 296 g/mol. The van der Waals surface area contributed by atoms with E-state index in [1.54, 1.807) is 7.11 Å². The maximum atomic E-state index is 5.31. The molecular formula is C21H16N2O. The molecule has 3 nitrogen and oxygen atoms in total. The number of aromatic nitrogens is 2. The second-order valence-electron chi connectivity index (χ2n) is 6.13. The summed E-state index contributed by atoms with van der Waals surface area (Å²) in [4.78, 5) is 8.24. The summed E-state index contributed by atoms with van der Waals surface area (Å²) in [7, 11) is 1.68. The normalized spacial score (nSPS) is 12.2. The van der Waals surface area contributed by atoms with Gasteiger partial charge in [0, 0.05) is 11.6 Å². The average Bonchev–Trinajstić information content (AvgIpc) is 3.21. The summed E-state index contributed by atoms with van der Waals surface area (Å²) in [6, 6.07) is 21.0. The Bertz CT molecular complexity index is 1080. The molecule has 0 radical (unpaired) electrons. The second kappa shape index (κ2) is 4.96. The van der Waals surface area contributed by atoms with E-state index in [9.17, 15) is 0 Å². The number of H-pyrrole nitrogens is 1. The van der Waals surface area contributed by atoms with Crippen molar-refractivity contribution in [3.8, 4) is 28.3 Å². The Morgan fingerprint density at radius 2 is 1.75 bits per heavy atom. The highest BCUT2D eigenvalue weighted by molar-refractivity contribution is 5.86. The van der Waals surface area contributed by atoms with Gasteiger partial charge in [0.15, 0.2) is 0 Å². The lowest BCUT2D eigenvalue weighted by Crippen LogP contribution is -1.89. The fraction of sp³-hybridized carbons (Fsp3) is 0.0952. The monoisotopic (exact) mass is 312 g/mol. The first kappa shape index (κ1) is 13.4. The van der Waals surface area contributed by atoms with Gasteiger partial charge in [0.1, 0.15) is 11.6 Å². The van der Waals surface area contributed by atoms with Crippen LogP contribution in [-0.4, -0.2) is 17.1 Å². The minimum Gasteiger partial charge on any atom is -0.497 e. The van der Waals surface area contributed by atoms with E-state index in [4.69, 9.17) is 9.72 Å². The van der Waals surface area contributed by atoms with Crippen molar-refractivity contribution in [1.82, 2.24) is 9.97 Å². The van der Waals surface area contributed by atoms with Crippen molar-refractivity contribution in [2.45, 2.75) is 6.42 Å². The molecule has 0 unspecified atom stereocenters. The van der Waals surface area contributed by atoms with E-state index in [1.165, 1.54) is 27.8 Å². The molecule has 0 saturated carbocycles. The van der Waals surface area contributed by atoms with Crippen molar-refractivity contribution >= 4 is 11.0 Å². The van der Waals surface area contributed by atoms with Crippen LogP contribution in [0.25, 0.3) is 33.5 Å². The van der Waals surface area contributed by atoms with Gasteiger partial charge in [-0.15, -0.1) is 0 Å². The first-order valence-corrected chi connectivity index (χ1v) is 8.08. The molecule has 0 saturated heterocycles. The molecule has 1 aliphatic carbocycles. The highest BCUT2D eigenvalue weighted by atomic mass is 16.5. The van der Waals surface area contributed by atoms with E-state index >= 15 is 0 Å². The van der Waals surface area contributed by atoms with Crippen LogP contribution in [0.4, 0.5) is 0 Å². The van der Waals surface area contributed by atoms with E-state index in [-0.39, 0.29) is 0 Å². The van der Waals surface area contributed by atoms with Crippen LogP contribution >= 0.6 is 0 Å². The number of hydrogen-bond donors (Lipinski definition) is 1. The zero-order valence-electron chi connectivity index (χ0n) is 13.3. The van der Waals surface area contributed by atoms with E-state index in [2.05, 4.69) is 47.4 Å². The number of imidazole rings is 1. The summed E-state index contributed by atoms with van der Waals surface area (Å²) in [5.41, 5.74) is 8.53. The molecule has 1 aliphatic rings. The number of nitrogens with zero attached hydrogens (tertiary/aromatic N) is 1. The zero-order chi connectivity index (χ0) is 16.1. The third kappa shape index (κ3) is 1.88. The summed E-state index contributed by atoms with van der Waals surface area (Å²) in [5, 5.41) is 0. The molecule has 3 heteroatoms. The summed E-state index contributed by atoms with van der Waals surface area (Å²) < 4.78 is 5.31. The van der Waals surface area contributed by atoms with Gasteiger partial charge in [0.2, 0.25) is 0 Å². The number of benzene rings is 3. The highest BCUT2D eigenvalue weighted by Gasteiger charge is 2.22. The van der Waals surface area contributed by atoms with Gasteiger partial charge in [-0.05, 0) is 40.8 Å². The first-order valence-electron chi connectivity index (χ1n) is 8.08. The molecule has 1 N–H and O–H groups in total. The van der Waals surface area contributed by atoms with Crippen LogP contribution in [0.3, 0.4) is 0 Å². The van der Waals surface area contributed by atoms with Gasteiger partial charge < -0.3 is 9.72 Å². The molecule has 0 spiro atoms. The van der Waals surface area contributed by atoms with Crippen molar-refractivity contribution < 1.29 is 4.74 Å². The molecule has 0 amide bonds. The number of methoxy groups -OCH3 is 1. The van der Waals surface area contributed by atoms with Crippen molar-refractivity contribution in [3.63, 3.8) is 0 Å². The Kier molecular flexibility index (Phi) is 2.77. The fourth-order valence-electron chi connectivity index (χ4n) is 3.62. The SMILES string of the molecule is COc1ccc2nc(-c3cccc4c3Cc3ccccc3-4)[nH]c2c1. The van der Waals surface area contributed by atoms with E-state index < -0.39 is 0 Å². The molecule has 0 fully saturated rings. The molecule has 3 aromatic carbocycles. The molecule has 1 heterocycles. The number of aromatic amines is 1. The Morgan fingerprint density at radius 1 is 0.917 bits per heavy atom. The summed E-state index contributed by atoms with van der Waals surface area (Å²) in [6.45, 7) is 0. The molecule has 0 aliphatic heterocycles. The Hall–Kier alpha value is -3.07. The number of rotatable bonds is 2. The molecule has 0 bridgehead atoms. The van der Waals surface area contributed by atoms with Crippen LogP contribution in [0, 0.1) is 0 Å². The smallest absolute Gasteiger partial charge is 0.138 e. The predicted molar refractivity (Wildman–Crippen MR) is 96.3 cm³/mol. The van der Waals surface area contributed by atoms with Crippen LogP contribution in [0.2, 0.25) is 0 Å². The van der Waals surface area contributed by atoms with E-state index in [0.717, 1.165) is 29.0 Å². The van der Waals surface area contributed by atoms with Gasteiger partial charge in [0.05, 0.1) is 18.1 Å². The highest BCUT2D eigenvalue weighted by Crippen LogP contribution is 2.41. The summed E-state index contributed by atoms with van der Waals surface area (Å²) >= 11 is 0. The number of hydrogen-bond acceptors (Lipinski definition) is 2. The lowest BCUT2D eigenvalue weighted by atomic mass is 10.0. The summed E-state index contributed by atoms with van der Waals surface area (Å²) in [6.07, 6.45) is 0.960. The third-order valence-corrected chi connectivity index (χ3v) is 4.79. The predicted octanol–water partition coefficient (Wildman–Crippen LogP) is 4.81. The average molecular weight is 312 g/mol. The maximum Gasteiger partial charge on any atom is 0.138 e. The minimum atomic E-state index is 0.836. The Morgan fingerprint density at radius 3 is 2.67 bits per heavy atom. The molecule has 4 aromatic rings. The molecule has 24 heavy (non-hydrogen) atoms. The van der Waals surface area contributed by atoms with Crippen molar-refractivity contribution in [2.75, 3.05) is 7.11 Å². The van der Waals surface area contributed by atoms with Crippen LogP contribution in [0.1, 0.15) is 11.1 Å². The molecule has 1 aromatic heterocycles. The first-order chi connectivity index (χ1) is 11.8. The molecule has 0 atom stereocenters. The number of nitrogens with one attached hydrogen (secondary N) is 1. The number of fused-ring (bicyclic) bond motifs is 4. The molecule has 5 rings (SSSR count). The minimum absolute atomic E-state index is 0.836. The maximum absolute atomic E-state index is 5.31. The van der Waals surface area contributed by atoms with Gasteiger partial charge >= 0.3 is 0 Å². The van der Waals surface area contributed by atoms with E-state index in [0.29, 0.717) is 0 Å². The van der Waals surface area contributed by atoms with Gasteiger partial charge in [0.25, 0.3) is 0 Å². The third-order valence-electron chi connectivity index (χ3n) is 4.79. The largest absolute Gasteiger partial charge is 0.497 e. The standard InChI is InChI=1S/C21H16N2O/c1-24-14-9-10-19-20(12-14)23-21(22-19)17-8-4-7-16-15-6-3-2-5-13(15)11-18(16)17/h2-10,12H,11H2,1H3,(H,22,23). The fourth-order valence-corrected chi connectivity index (χ4v) is 3.62. The number of ether oxygens (including phenoxy) is 1. The lowest BCUT2D eigenvalue weighted by Gasteiger charge is -2.05. The Balaban J connectivity index is 1.69. The van der Waals surface area contributed by atoms with E-state index in [1.807, 2.05) is 18.2 Å². The van der Waals surface area contributed by atoms with Gasteiger partial charge in [-0.1, -0.05) is 42.5 Å². The topological polar surface area (TPSA) is 37.9 Å². The second-order valence-corrected chi connectivity index (χ2v) is 6.13. The zero-order valence-corrected chi connectivity index (χ0v) is 13.3. The van der Waals surface area contributed by atoms with Crippen LogP contribution in [0.5, 0.6) is 5.75 Å². The van der Waals surface area contributed by atoms with Crippen LogP contribution in [0.15, 0.2) is 60.7 Å².